The highest BCUT2D eigenvalue weighted by Crippen LogP contribution is 2.24. The number of nitrogen functional groups attached to an aromatic ring is 1. The molecular formula is C15H15ClN2O2S. The van der Waals surface area contributed by atoms with Gasteiger partial charge in [-0.3, -0.25) is 4.79 Å². The Labute approximate surface area is 132 Å². The van der Waals surface area contributed by atoms with E-state index in [4.69, 9.17) is 22.1 Å². The lowest BCUT2D eigenvalue weighted by Crippen LogP contribution is -2.20. The van der Waals surface area contributed by atoms with E-state index in [2.05, 4.69) is 5.32 Å². The Morgan fingerprint density at radius 1 is 1.29 bits per heavy atom. The number of nitrogens with one attached hydrogen (secondary N) is 1. The Morgan fingerprint density at radius 3 is 2.62 bits per heavy atom. The Balaban J connectivity index is 1.89. The normalized spacial score (nSPS) is 10.2. The molecule has 2 rings (SSSR count). The van der Waals surface area contributed by atoms with Crippen LogP contribution >= 0.6 is 23.4 Å². The first-order chi connectivity index (χ1) is 10.1. The molecule has 21 heavy (non-hydrogen) atoms. The standard InChI is InChI=1S/C15H15ClN2O2S/c1-21-12-5-3-11(4-6-12)20-9-15(19)18-14-7-2-10(17)8-13(14)16/h2-8H,9,17H2,1H3,(H,18,19). The Bertz CT molecular complexity index is 632. The van der Waals surface area contributed by atoms with Gasteiger partial charge in [0.15, 0.2) is 6.61 Å². The van der Waals surface area contributed by atoms with Gasteiger partial charge in [-0.15, -0.1) is 11.8 Å². The molecule has 0 radical (unpaired) electrons. The van der Waals surface area contributed by atoms with Crippen LogP contribution in [0, 0.1) is 0 Å². The van der Waals surface area contributed by atoms with E-state index in [1.165, 1.54) is 0 Å². The van der Waals surface area contributed by atoms with Crippen LogP contribution in [-0.4, -0.2) is 18.8 Å². The number of carbonyl (C=O) groups excluding carboxylic acids is 1. The first kappa shape index (κ1) is 15.5. The molecule has 1 amide bonds. The van der Waals surface area contributed by atoms with Crippen molar-refractivity contribution in [1.82, 2.24) is 0 Å². The van der Waals surface area contributed by atoms with Gasteiger partial charge in [-0.25, -0.2) is 0 Å². The summed E-state index contributed by atoms with van der Waals surface area (Å²) in [7, 11) is 0. The molecule has 0 spiro atoms. The van der Waals surface area contributed by atoms with Gasteiger partial charge < -0.3 is 15.8 Å². The maximum Gasteiger partial charge on any atom is 0.262 e. The molecule has 0 atom stereocenters. The monoisotopic (exact) mass is 322 g/mol. The molecule has 0 bridgehead atoms. The summed E-state index contributed by atoms with van der Waals surface area (Å²) < 4.78 is 5.41. The molecule has 2 aromatic carbocycles. The van der Waals surface area contributed by atoms with Crippen LogP contribution in [0.4, 0.5) is 11.4 Å². The third-order valence-electron chi connectivity index (χ3n) is 2.70. The van der Waals surface area contributed by atoms with E-state index in [0.717, 1.165) is 4.90 Å². The van der Waals surface area contributed by atoms with Crippen molar-refractivity contribution in [2.24, 2.45) is 0 Å². The summed E-state index contributed by atoms with van der Waals surface area (Å²) in [5.74, 6) is 0.363. The summed E-state index contributed by atoms with van der Waals surface area (Å²) in [6, 6.07) is 12.4. The molecular weight excluding hydrogens is 308 g/mol. The first-order valence-corrected chi connectivity index (χ1v) is 7.80. The predicted octanol–water partition coefficient (Wildman–Crippen LogP) is 3.66. The minimum Gasteiger partial charge on any atom is -0.484 e. The zero-order valence-corrected chi connectivity index (χ0v) is 13.0. The van der Waals surface area contributed by atoms with E-state index in [1.54, 1.807) is 30.0 Å². The number of thioether (sulfide) groups is 1. The number of hydrogen-bond donors (Lipinski definition) is 2. The van der Waals surface area contributed by atoms with Crippen LogP contribution in [0.3, 0.4) is 0 Å². The van der Waals surface area contributed by atoms with Crippen molar-refractivity contribution in [3.8, 4) is 5.75 Å². The smallest absolute Gasteiger partial charge is 0.262 e. The van der Waals surface area contributed by atoms with Crippen molar-refractivity contribution in [2.45, 2.75) is 4.90 Å². The zero-order chi connectivity index (χ0) is 15.2. The van der Waals surface area contributed by atoms with Crippen molar-refractivity contribution in [2.75, 3.05) is 23.9 Å². The summed E-state index contributed by atoms with van der Waals surface area (Å²) in [4.78, 5) is 13.0. The van der Waals surface area contributed by atoms with E-state index < -0.39 is 0 Å². The predicted molar refractivity (Wildman–Crippen MR) is 88.2 cm³/mol. The van der Waals surface area contributed by atoms with Gasteiger partial charge in [-0.1, -0.05) is 11.6 Å². The van der Waals surface area contributed by atoms with Crippen molar-refractivity contribution < 1.29 is 9.53 Å². The number of hydrogen-bond acceptors (Lipinski definition) is 4. The van der Waals surface area contributed by atoms with Gasteiger partial charge in [0.2, 0.25) is 0 Å². The number of amides is 1. The Morgan fingerprint density at radius 2 is 2.00 bits per heavy atom. The maximum absolute atomic E-state index is 11.8. The number of carbonyl (C=O) groups is 1. The van der Waals surface area contributed by atoms with Crippen LogP contribution in [0.1, 0.15) is 0 Å². The van der Waals surface area contributed by atoms with Gasteiger partial charge >= 0.3 is 0 Å². The molecule has 6 heteroatoms. The van der Waals surface area contributed by atoms with Crippen LogP contribution in [-0.2, 0) is 4.79 Å². The van der Waals surface area contributed by atoms with E-state index >= 15 is 0 Å². The SMILES string of the molecule is CSc1ccc(OCC(=O)Nc2ccc(N)cc2Cl)cc1. The number of ether oxygens (including phenoxy) is 1. The number of anilines is 2. The lowest BCUT2D eigenvalue weighted by atomic mass is 10.3. The van der Waals surface area contributed by atoms with Gasteiger partial charge in [-0.05, 0) is 48.7 Å². The van der Waals surface area contributed by atoms with E-state index in [-0.39, 0.29) is 12.5 Å². The molecule has 0 unspecified atom stereocenters. The first-order valence-electron chi connectivity index (χ1n) is 6.20. The van der Waals surface area contributed by atoms with Crippen molar-refractivity contribution in [1.29, 1.82) is 0 Å². The second kappa shape index (κ2) is 7.24. The summed E-state index contributed by atoms with van der Waals surface area (Å²) in [6.45, 7) is -0.0840. The summed E-state index contributed by atoms with van der Waals surface area (Å²) in [6.07, 6.45) is 2.00. The van der Waals surface area contributed by atoms with E-state index in [9.17, 15) is 4.79 Å². The van der Waals surface area contributed by atoms with Crippen LogP contribution < -0.4 is 15.8 Å². The highest BCUT2D eigenvalue weighted by Gasteiger charge is 2.07. The molecule has 0 aliphatic rings. The molecule has 0 fully saturated rings. The molecule has 2 aromatic rings. The number of benzene rings is 2. The van der Waals surface area contributed by atoms with Crippen LogP contribution in [0.25, 0.3) is 0 Å². The highest BCUT2D eigenvalue weighted by molar-refractivity contribution is 7.98. The molecule has 4 nitrogen and oxygen atoms in total. The Hall–Kier alpha value is -1.85. The van der Waals surface area contributed by atoms with Gasteiger partial charge in [-0.2, -0.15) is 0 Å². The van der Waals surface area contributed by atoms with Crippen molar-refractivity contribution >= 4 is 40.6 Å². The molecule has 0 saturated heterocycles. The molecule has 0 aromatic heterocycles. The molecule has 3 N–H and O–H groups in total. The van der Waals surface area contributed by atoms with Crippen LogP contribution in [0.5, 0.6) is 5.75 Å². The topological polar surface area (TPSA) is 64.3 Å². The molecule has 110 valence electrons. The van der Waals surface area contributed by atoms with Crippen LogP contribution in [0.15, 0.2) is 47.4 Å². The zero-order valence-electron chi connectivity index (χ0n) is 11.4. The van der Waals surface area contributed by atoms with Gasteiger partial charge in [0.05, 0.1) is 10.7 Å². The number of nitrogens with two attached hydrogens (primary N) is 1. The fourth-order valence-electron chi connectivity index (χ4n) is 1.64. The summed E-state index contributed by atoms with van der Waals surface area (Å²) >= 11 is 7.63. The summed E-state index contributed by atoms with van der Waals surface area (Å²) in [5, 5.41) is 3.07. The lowest BCUT2D eigenvalue weighted by molar-refractivity contribution is -0.118. The molecule has 0 saturated carbocycles. The van der Waals surface area contributed by atoms with Gasteiger partial charge in [0.1, 0.15) is 5.75 Å². The van der Waals surface area contributed by atoms with Gasteiger partial charge in [0, 0.05) is 10.6 Å². The van der Waals surface area contributed by atoms with Crippen molar-refractivity contribution in [3.63, 3.8) is 0 Å². The van der Waals surface area contributed by atoms with E-state index in [1.807, 2.05) is 30.5 Å². The average Bonchev–Trinajstić information content (AvgIpc) is 2.48. The third-order valence-corrected chi connectivity index (χ3v) is 3.75. The van der Waals surface area contributed by atoms with E-state index in [0.29, 0.717) is 22.1 Å². The second-order valence-electron chi connectivity index (χ2n) is 4.25. The average molecular weight is 323 g/mol. The second-order valence-corrected chi connectivity index (χ2v) is 5.54. The Kier molecular flexibility index (Phi) is 5.36. The molecule has 0 aliphatic heterocycles. The maximum atomic E-state index is 11.8. The minimum atomic E-state index is -0.282. The molecule has 0 heterocycles. The van der Waals surface area contributed by atoms with Crippen molar-refractivity contribution in [3.05, 3.63) is 47.5 Å². The fraction of sp³-hybridized carbons (Fsp3) is 0.133. The summed E-state index contributed by atoms with van der Waals surface area (Å²) in [5.41, 5.74) is 6.65. The number of rotatable bonds is 5. The minimum absolute atomic E-state index is 0.0840. The largest absolute Gasteiger partial charge is 0.484 e. The van der Waals surface area contributed by atoms with Gasteiger partial charge in [0.25, 0.3) is 5.91 Å². The lowest BCUT2D eigenvalue weighted by Gasteiger charge is -2.09. The highest BCUT2D eigenvalue weighted by atomic mass is 35.5. The third kappa shape index (κ3) is 4.58. The number of halogens is 1. The molecule has 0 aliphatic carbocycles. The quantitative estimate of drug-likeness (QED) is 0.651. The van der Waals surface area contributed by atoms with Crippen LogP contribution in [0.2, 0.25) is 5.02 Å². The fourth-order valence-corrected chi connectivity index (χ4v) is 2.28.